The molecule has 2 heterocycles. The molecule has 0 unspecified atom stereocenters. The normalized spacial score (nSPS) is 10.1. The maximum absolute atomic E-state index is 6.67. The molecule has 0 aliphatic carbocycles. The van der Waals surface area contributed by atoms with Gasteiger partial charge in [-0.25, -0.2) is 16.1 Å². The summed E-state index contributed by atoms with van der Waals surface area (Å²) in [5.41, 5.74) is 1.89. The van der Waals surface area contributed by atoms with Crippen molar-refractivity contribution in [3.8, 4) is 0 Å². The summed E-state index contributed by atoms with van der Waals surface area (Å²) in [5, 5.41) is 4.06. The maximum Gasteiger partial charge on any atom is 0.218 e. The molecule has 0 N–H and O–H groups in total. The van der Waals surface area contributed by atoms with Crippen LogP contribution in [0.15, 0.2) is 24.7 Å². The Labute approximate surface area is 75.7 Å². The lowest BCUT2D eigenvalue weighted by Gasteiger charge is -1.96. The molecule has 4 nitrogen and oxygen atoms in total. The highest BCUT2D eigenvalue weighted by Gasteiger charge is 1.98. The Morgan fingerprint density at radius 3 is 3.31 bits per heavy atom. The van der Waals surface area contributed by atoms with E-state index in [0.717, 1.165) is 17.6 Å². The smallest absolute Gasteiger partial charge is 0.218 e. The summed E-state index contributed by atoms with van der Waals surface area (Å²) in [6, 6.07) is 1.85. The first kappa shape index (κ1) is 7.74. The Morgan fingerprint density at radius 2 is 2.46 bits per heavy atom. The third-order valence-electron chi connectivity index (χ3n) is 1.81. The van der Waals surface area contributed by atoms with Crippen molar-refractivity contribution in [2.75, 3.05) is 6.54 Å². The van der Waals surface area contributed by atoms with E-state index < -0.39 is 0 Å². The van der Waals surface area contributed by atoms with Gasteiger partial charge in [-0.2, -0.15) is 5.10 Å². The second kappa shape index (κ2) is 3.23. The van der Waals surface area contributed by atoms with Crippen LogP contribution in [0.2, 0.25) is 0 Å². The fourth-order valence-electron chi connectivity index (χ4n) is 1.16. The molecular formula is C9H8N4. The number of aromatic nitrogens is 3. The first-order chi connectivity index (χ1) is 6.40. The second-order valence-corrected chi connectivity index (χ2v) is 2.73. The van der Waals surface area contributed by atoms with Crippen LogP contribution in [0, 0.1) is 6.57 Å². The van der Waals surface area contributed by atoms with E-state index >= 15 is 0 Å². The molecule has 0 amide bonds. The highest BCUT2D eigenvalue weighted by molar-refractivity contribution is 5.35. The van der Waals surface area contributed by atoms with Crippen LogP contribution in [0.5, 0.6) is 0 Å². The summed E-state index contributed by atoms with van der Waals surface area (Å²) in [6.07, 6.45) is 6.16. The Hall–Kier alpha value is -1.89. The maximum atomic E-state index is 6.67. The van der Waals surface area contributed by atoms with E-state index in [4.69, 9.17) is 6.57 Å². The lowest BCUT2D eigenvalue weighted by atomic mass is 10.2. The van der Waals surface area contributed by atoms with Crippen LogP contribution in [0.3, 0.4) is 0 Å². The fraction of sp³-hybridized carbons (Fsp3) is 0.222. The van der Waals surface area contributed by atoms with E-state index in [1.165, 1.54) is 0 Å². The van der Waals surface area contributed by atoms with Crippen molar-refractivity contribution in [2.45, 2.75) is 6.42 Å². The first-order valence-corrected chi connectivity index (χ1v) is 4.01. The van der Waals surface area contributed by atoms with Gasteiger partial charge in [0.25, 0.3) is 0 Å². The Kier molecular flexibility index (Phi) is 1.93. The molecule has 0 aliphatic heterocycles. The van der Waals surface area contributed by atoms with Crippen molar-refractivity contribution in [1.82, 2.24) is 14.6 Å². The van der Waals surface area contributed by atoms with Crippen molar-refractivity contribution < 1.29 is 0 Å². The Balaban J connectivity index is 2.33. The third kappa shape index (κ3) is 1.49. The first-order valence-electron chi connectivity index (χ1n) is 4.01. The van der Waals surface area contributed by atoms with Crippen LogP contribution in [-0.2, 0) is 6.42 Å². The number of rotatable bonds is 2. The van der Waals surface area contributed by atoms with E-state index in [2.05, 4.69) is 14.9 Å². The van der Waals surface area contributed by atoms with Crippen molar-refractivity contribution >= 4 is 5.65 Å². The average molecular weight is 172 g/mol. The molecular weight excluding hydrogens is 164 g/mol. The van der Waals surface area contributed by atoms with Gasteiger partial charge in [0.1, 0.15) is 0 Å². The summed E-state index contributed by atoms with van der Waals surface area (Å²) in [6.45, 7) is 7.18. The molecule has 0 spiro atoms. The highest BCUT2D eigenvalue weighted by Crippen LogP contribution is 2.02. The van der Waals surface area contributed by atoms with E-state index in [-0.39, 0.29) is 0 Å². The molecule has 0 aliphatic rings. The van der Waals surface area contributed by atoms with Crippen LogP contribution in [0.25, 0.3) is 10.5 Å². The molecule has 2 aromatic rings. The molecule has 13 heavy (non-hydrogen) atoms. The van der Waals surface area contributed by atoms with Gasteiger partial charge in [-0.15, -0.1) is 0 Å². The zero-order valence-electron chi connectivity index (χ0n) is 7.01. The number of hydrogen-bond donors (Lipinski definition) is 0. The summed E-state index contributed by atoms with van der Waals surface area (Å²) < 4.78 is 1.72. The predicted octanol–water partition coefficient (Wildman–Crippen LogP) is 1.19. The Morgan fingerprint density at radius 1 is 1.54 bits per heavy atom. The van der Waals surface area contributed by atoms with Crippen LogP contribution in [0.4, 0.5) is 0 Å². The lowest BCUT2D eigenvalue weighted by Crippen LogP contribution is -1.95. The van der Waals surface area contributed by atoms with E-state index in [0.29, 0.717) is 6.54 Å². The SMILES string of the molecule is [C-]#[N+]CCc1cnc2ccnn2c1. The van der Waals surface area contributed by atoms with Gasteiger partial charge in [-0.1, -0.05) is 0 Å². The summed E-state index contributed by atoms with van der Waals surface area (Å²) in [5.74, 6) is 0. The molecule has 0 bridgehead atoms. The van der Waals surface area contributed by atoms with Crippen molar-refractivity contribution in [3.63, 3.8) is 0 Å². The van der Waals surface area contributed by atoms with Gasteiger partial charge in [0.05, 0.1) is 6.20 Å². The summed E-state index contributed by atoms with van der Waals surface area (Å²) in [7, 11) is 0. The molecule has 0 fully saturated rings. The van der Waals surface area contributed by atoms with Gasteiger partial charge >= 0.3 is 0 Å². The van der Waals surface area contributed by atoms with Gasteiger partial charge in [-0.3, -0.25) is 0 Å². The second-order valence-electron chi connectivity index (χ2n) is 2.73. The van der Waals surface area contributed by atoms with Gasteiger partial charge in [0, 0.05) is 24.9 Å². The number of hydrogen-bond acceptors (Lipinski definition) is 2. The predicted molar refractivity (Wildman–Crippen MR) is 48.2 cm³/mol. The molecule has 64 valence electrons. The number of nitrogens with zero attached hydrogens (tertiary/aromatic N) is 4. The minimum atomic E-state index is 0.508. The van der Waals surface area contributed by atoms with Crippen LogP contribution < -0.4 is 0 Å². The lowest BCUT2D eigenvalue weighted by molar-refractivity contribution is 0.905. The molecule has 0 aromatic carbocycles. The fourth-order valence-corrected chi connectivity index (χ4v) is 1.16. The average Bonchev–Trinajstić information content (AvgIpc) is 2.61. The van der Waals surface area contributed by atoms with Crippen LogP contribution in [-0.4, -0.2) is 21.1 Å². The minimum Gasteiger partial charge on any atom is -0.317 e. The molecule has 2 rings (SSSR count). The van der Waals surface area contributed by atoms with Gasteiger partial charge < -0.3 is 4.85 Å². The van der Waals surface area contributed by atoms with Gasteiger partial charge in [0.15, 0.2) is 5.65 Å². The standard InChI is InChI=1S/C9H8N4/c1-10-4-2-8-6-11-9-3-5-12-13(9)7-8/h3,5-7H,2,4H2. The Bertz CT molecular complexity index is 452. The minimum absolute atomic E-state index is 0.508. The van der Waals surface area contributed by atoms with Crippen molar-refractivity contribution in [2.24, 2.45) is 0 Å². The zero-order chi connectivity index (χ0) is 9.10. The summed E-state index contributed by atoms with van der Waals surface area (Å²) >= 11 is 0. The highest BCUT2D eigenvalue weighted by atomic mass is 15.2. The topological polar surface area (TPSA) is 34.5 Å². The molecule has 0 radical (unpaired) electrons. The van der Waals surface area contributed by atoms with Gasteiger partial charge in [-0.05, 0) is 5.56 Å². The summed E-state index contributed by atoms with van der Waals surface area (Å²) in [4.78, 5) is 7.48. The molecule has 0 saturated heterocycles. The van der Waals surface area contributed by atoms with E-state index in [1.54, 1.807) is 16.9 Å². The third-order valence-corrected chi connectivity index (χ3v) is 1.81. The molecule has 4 heteroatoms. The van der Waals surface area contributed by atoms with Crippen molar-refractivity contribution in [3.05, 3.63) is 41.6 Å². The molecule has 2 aromatic heterocycles. The molecule has 0 saturated carbocycles. The van der Waals surface area contributed by atoms with Crippen LogP contribution >= 0.6 is 0 Å². The number of fused-ring (bicyclic) bond motifs is 1. The van der Waals surface area contributed by atoms with E-state index in [9.17, 15) is 0 Å². The van der Waals surface area contributed by atoms with E-state index in [1.807, 2.05) is 12.3 Å². The van der Waals surface area contributed by atoms with Crippen LogP contribution in [0.1, 0.15) is 5.56 Å². The van der Waals surface area contributed by atoms with Gasteiger partial charge in [0.2, 0.25) is 6.54 Å². The largest absolute Gasteiger partial charge is 0.317 e. The monoisotopic (exact) mass is 172 g/mol. The quantitative estimate of drug-likeness (QED) is 0.638. The molecule has 0 atom stereocenters. The van der Waals surface area contributed by atoms with Crippen molar-refractivity contribution in [1.29, 1.82) is 0 Å². The zero-order valence-corrected chi connectivity index (χ0v) is 7.01.